The largest absolute Gasteiger partial charge is 0.374 e. The lowest BCUT2D eigenvalue weighted by Crippen LogP contribution is -2.52. The number of nitrogens with zero attached hydrogens (tertiary/aromatic N) is 2. The third-order valence-corrected chi connectivity index (χ3v) is 5.86. The highest BCUT2D eigenvalue weighted by Gasteiger charge is 2.51. The molecule has 4 nitrogen and oxygen atoms in total. The molecule has 3 aliphatic rings. The molecule has 0 N–H and O–H groups in total. The molecule has 23 heavy (non-hydrogen) atoms. The van der Waals surface area contributed by atoms with Crippen LogP contribution >= 0.6 is 0 Å². The van der Waals surface area contributed by atoms with Gasteiger partial charge in [0, 0.05) is 32.7 Å². The highest BCUT2D eigenvalue weighted by molar-refractivity contribution is 5.80. The quantitative estimate of drug-likeness (QED) is 0.857. The van der Waals surface area contributed by atoms with Crippen LogP contribution in [0.3, 0.4) is 0 Å². The van der Waals surface area contributed by atoms with Gasteiger partial charge in [-0.15, -0.1) is 0 Å². The van der Waals surface area contributed by atoms with Gasteiger partial charge in [0.25, 0.3) is 0 Å². The van der Waals surface area contributed by atoms with Crippen LogP contribution in [0, 0.1) is 11.8 Å². The van der Waals surface area contributed by atoms with Gasteiger partial charge >= 0.3 is 0 Å². The first-order chi connectivity index (χ1) is 11.2. The highest BCUT2D eigenvalue weighted by Crippen LogP contribution is 2.43. The van der Waals surface area contributed by atoms with E-state index in [4.69, 9.17) is 4.74 Å². The van der Waals surface area contributed by atoms with Crippen LogP contribution in [0.1, 0.15) is 25.3 Å². The number of carbonyl (C=O) groups is 1. The second kappa shape index (κ2) is 6.25. The van der Waals surface area contributed by atoms with Crippen molar-refractivity contribution in [3.8, 4) is 0 Å². The minimum Gasteiger partial charge on any atom is -0.374 e. The number of amides is 1. The van der Waals surface area contributed by atoms with Gasteiger partial charge in [-0.2, -0.15) is 0 Å². The lowest BCUT2D eigenvalue weighted by atomic mass is 9.79. The molecule has 0 aliphatic carbocycles. The third kappa shape index (κ3) is 2.90. The van der Waals surface area contributed by atoms with Gasteiger partial charge in [0.2, 0.25) is 5.91 Å². The Bertz CT molecular complexity index is 552. The summed E-state index contributed by atoms with van der Waals surface area (Å²) in [7, 11) is 0. The molecule has 4 atom stereocenters. The molecule has 1 aromatic rings. The second-order valence-electron chi connectivity index (χ2n) is 7.26. The maximum Gasteiger partial charge on any atom is 0.228 e. The number of hydrogen-bond acceptors (Lipinski definition) is 3. The Kier molecular flexibility index (Phi) is 4.12. The van der Waals surface area contributed by atoms with Gasteiger partial charge in [0.05, 0.1) is 18.1 Å². The lowest BCUT2D eigenvalue weighted by molar-refractivity contribution is -0.140. The number of rotatable bonds is 3. The summed E-state index contributed by atoms with van der Waals surface area (Å²) >= 11 is 0. The smallest absolute Gasteiger partial charge is 0.228 e. The number of carbonyl (C=O) groups excluding carboxylic acids is 1. The monoisotopic (exact) mass is 314 g/mol. The molecule has 0 radical (unpaired) electrons. The summed E-state index contributed by atoms with van der Waals surface area (Å²) in [6.07, 6.45) is 2.72. The van der Waals surface area contributed by atoms with Crippen LogP contribution in [0.25, 0.3) is 0 Å². The minimum atomic E-state index is 0.106. The van der Waals surface area contributed by atoms with Gasteiger partial charge < -0.3 is 9.64 Å². The van der Waals surface area contributed by atoms with E-state index < -0.39 is 0 Å². The molecular weight excluding hydrogens is 288 g/mol. The Labute approximate surface area is 138 Å². The zero-order valence-corrected chi connectivity index (χ0v) is 13.9. The lowest BCUT2D eigenvalue weighted by Gasteiger charge is -2.37. The first kappa shape index (κ1) is 15.2. The summed E-state index contributed by atoms with van der Waals surface area (Å²) in [4.78, 5) is 17.4. The van der Waals surface area contributed by atoms with Crippen LogP contribution in [0.2, 0.25) is 0 Å². The Morgan fingerprint density at radius 2 is 1.78 bits per heavy atom. The number of ether oxygens (including phenoxy) is 1. The average molecular weight is 314 g/mol. The van der Waals surface area contributed by atoms with Gasteiger partial charge in [-0.05, 0) is 24.3 Å². The van der Waals surface area contributed by atoms with E-state index in [-0.39, 0.29) is 12.0 Å². The third-order valence-electron chi connectivity index (χ3n) is 5.86. The standard InChI is InChI=1S/C19H26N2O2/c1-14-16-7-8-17(23-16)18(14)19(22)21-11-9-20(10-12-21)13-15-5-3-2-4-6-15/h2-6,14,16-18H,7-13H2,1H3. The molecule has 1 aromatic carbocycles. The highest BCUT2D eigenvalue weighted by atomic mass is 16.5. The number of hydrogen-bond donors (Lipinski definition) is 0. The van der Waals surface area contributed by atoms with Crippen molar-refractivity contribution in [2.45, 2.75) is 38.5 Å². The average Bonchev–Trinajstić information content (AvgIpc) is 3.17. The van der Waals surface area contributed by atoms with E-state index in [1.165, 1.54) is 5.56 Å². The second-order valence-corrected chi connectivity index (χ2v) is 7.26. The fourth-order valence-corrected chi connectivity index (χ4v) is 4.47. The van der Waals surface area contributed by atoms with Crippen LogP contribution in [0.4, 0.5) is 0 Å². The van der Waals surface area contributed by atoms with Crippen molar-refractivity contribution in [1.29, 1.82) is 0 Å². The van der Waals surface area contributed by atoms with Crippen molar-refractivity contribution in [3.63, 3.8) is 0 Å². The predicted molar refractivity (Wildman–Crippen MR) is 88.8 cm³/mol. The summed E-state index contributed by atoms with van der Waals surface area (Å²) in [5.41, 5.74) is 1.35. The van der Waals surface area contributed by atoms with Crippen molar-refractivity contribution in [3.05, 3.63) is 35.9 Å². The Balaban J connectivity index is 1.32. The van der Waals surface area contributed by atoms with E-state index in [1.54, 1.807) is 0 Å². The maximum atomic E-state index is 12.9. The molecule has 4 heteroatoms. The van der Waals surface area contributed by atoms with E-state index in [2.05, 4.69) is 47.1 Å². The van der Waals surface area contributed by atoms with E-state index in [1.807, 2.05) is 0 Å². The summed E-state index contributed by atoms with van der Waals surface area (Å²) < 4.78 is 5.95. The van der Waals surface area contributed by atoms with E-state index in [0.717, 1.165) is 45.6 Å². The van der Waals surface area contributed by atoms with Gasteiger partial charge in [-0.3, -0.25) is 9.69 Å². The van der Waals surface area contributed by atoms with Crippen molar-refractivity contribution in [1.82, 2.24) is 9.80 Å². The van der Waals surface area contributed by atoms with E-state index >= 15 is 0 Å². The number of fused-ring (bicyclic) bond motifs is 2. The molecule has 3 saturated heterocycles. The molecule has 124 valence electrons. The minimum absolute atomic E-state index is 0.106. The summed E-state index contributed by atoms with van der Waals surface area (Å²) in [5.74, 6) is 0.835. The van der Waals surface area contributed by atoms with Gasteiger partial charge in [-0.1, -0.05) is 37.3 Å². The maximum absolute atomic E-state index is 12.9. The van der Waals surface area contributed by atoms with Gasteiger partial charge in [0.1, 0.15) is 0 Å². The Morgan fingerprint density at radius 1 is 1.09 bits per heavy atom. The molecule has 4 rings (SSSR count). The molecule has 0 spiro atoms. The molecule has 0 saturated carbocycles. The van der Waals surface area contributed by atoms with Gasteiger partial charge in [0.15, 0.2) is 0 Å². The van der Waals surface area contributed by atoms with Gasteiger partial charge in [-0.25, -0.2) is 0 Å². The fourth-order valence-electron chi connectivity index (χ4n) is 4.47. The Morgan fingerprint density at radius 3 is 2.43 bits per heavy atom. The summed E-state index contributed by atoms with van der Waals surface area (Å²) in [5, 5.41) is 0. The molecule has 3 heterocycles. The summed E-state index contributed by atoms with van der Waals surface area (Å²) in [6.45, 7) is 6.82. The molecule has 3 fully saturated rings. The number of piperazine rings is 1. The van der Waals surface area contributed by atoms with Crippen LogP contribution in [-0.4, -0.2) is 54.1 Å². The molecule has 4 unspecified atom stereocenters. The Hall–Kier alpha value is -1.39. The van der Waals surface area contributed by atoms with Crippen LogP contribution in [0.5, 0.6) is 0 Å². The van der Waals surface area contributed by atoms with Crippen molar-refractivity contribution in [2.24, 2.45) is 11.8 Å². The first-order valence-electron chi connectivity index (χ1n) is 8.93. The van der Waals surface area contributed by atoms with Crippen LogP contribution in [0.15, 0.2) is 30.3 Å². The zero-order valence-electron chi connectivity index (χ0n) is 13.9. The fraction of sp³-hybridized carbons (Fsp3) is 0.632. The normalized spacial score (nSPS) is 34.0. The molecule has 0 aromatic heterocycles. The predicted octanol–water partition coefficient (Wildman–Crippen LogP) is 2.14. The SMILES string of the molecule is CC1C2CCC(O2)C1C(=O)N1CCN(Cc2ccccc2)CC1. The molecule has 3 aliphatic heterocycles. The van der Waals surface area contributed by atoms with Crippen molar-refractivity contribution in [2.75, 3.05) is 26.2 Å². The first-order valence-corrected chi connectivity index (χ1v) is 8.93. The van der Waals surface area contributed by atoms with E-state index in [9.17, 15) is 4.79 Å². The molecular formula is C19H26N2O2. The summed E-state index contributed by atoms with van der Waals surface area (Å²) in [6, 6.07) is 10.6. The number of benzene rings is 1. The van der Waals surface area contributed by atoms with Crippen LogP contribution in [-0.2, 0) is 16.1 Å². The molecule has 1 amide bonds. The topological polar surface area (TPSA) is 32.8 Å². The van der Waals surface area contributed by atoms with Crippen LogP contribution < -0.4 is 0 Å². The van der Waals surface area contributed by atoms with Crippen molar-refractivity contribution < 1.29 is 9.53 Å². The molecule has 2 bridgehead atoms. The van der Waals surface area contributed by atoms with Crippen molar-refractivity contribution >= 4 is 5.91 Å². The van der Waals surface area contributed by atoms with E-state index in [0.29, 0.717) is 17.9 Å². The zero-order chi connectivity index (χ0) is 15.8.